The first kappa shape index (κ1) is 11.6. The largest absolute Gasteiger partial charge is 0.408 e. The molecule has 0 radical (unpaired) electrons. The van der Waals surface area contributed by atoms with Crippen LogP contribution in [0.3, 0.4) is 0 Å². The number of rotatable bonds is 3. The van der Waals surface area contributed by atoms with Crippen LogP contribution in [0.5, 0.6) is 0 Å². The highest BCUT2D eigenvalue weighted by atomic mass is 32.2. The Bertz CT molecular complexity index is 634. The fraction of sp³-hybridized carbons (Fsp3) is 0.200. The second-order valence-electron chi connectivity index (χ2n) is 3.50. The van der Waals surface area contributed by atoms with Crippen LogP contribution in [0.15, 0.2) is 33.6 Å². The molecule has 0 aliphatic carbocycles. The van der Waals surface area contributed by atoms with Gasteiger partial charge in [-0.05, 0) is 18.6 Å². The molecular formula is C10H11N3O3S. The van der Waals surface area contributed by atoms with Gasteiger partial charge in [-0.2, -0.15) is 0 Å². The number of aryl methyl sites for hydroxylation is 2. The average molecular weight is 253 g/mol. The fourth-order valence-corrected chi connectivity index (χ4v) is 2.54. The molecule has 2 rings (SSSR count). The molecule has 0 fully saturated rings. The second-order valence-corrected chi connectivity index (χ2v) is 5.15. The van der Waals surface area contributed by atoms with Gasteiger partial charge in [0, 0.05) is 6.92 Å². The predicted molar refractivity (Wildman–Crippen MR) is 61.0 cm³/mol. The summed E-state index contributed by atoms with van der Waals surface area (Å²) in [6.45, 7) is 3.30. The molecule has 0 atom stereocenters. The first-order chi connectivity index (χ1) is 7.99. The van der Waals surface area contributed by atoms with E-state index in [1.807, 2.05) is 0 Å². The molecule has 1 aromatic carbocycles. The number of hydrogen-bond acceptors (Lipinski definition) is 5. The van der Waals surface area contributed by atoms with E-state index in [0.717, 1.165) is 0 Å². The van der Waals surface area contributed by atoms with E-state index < -0.39 is 10.0 Å². The Hall–Kier alpha value is -1.89. The summed E-state index contributed by atoms with van der Waals surface area (Å²) in [5, 5.41) is 7.12. The number of sulfonamides is 1. The van der Waals surface area contributed by atoms with Crippen molar-refractivity contribution in [3.8, 4) is 0 Å². The summed E-state index contributed by atoms with van der Waals surface area (Å²) < 4.78 is 31.2. The van der Waals surface area contributed by atoms with Gasteiger partial charge in [0.1, 0.15) is 0 Å². The van der Waals surface area contributed by atoms with Crippen molar-refractivity contribution in [1.82, 2.24) is 10.2 Å². The van der Waals surface area contributed by atoms with Gasteiger partial charge in [0.2, 0.25) is 5.89 Å². The molecule has 1 N–H and O–H groups in total. The highest BCUT2D eigenvalue weighted by Gasteiger charge is 2.18. The van der Waals surface area contributed by atoms with Crippen LogP contribution in [-0.2, 0) is 10.0 Å². The normalized spacial score (nSPS) is 11.4. The van der Waals surface area contributed by atoms with E-state index in [1.165, 1.54) is 6.07 Å². The summed E-state index contributed by atoms with van der Waals surface area (Å²) in [6.07, 6.45) is 0. The third-order valence-corrected chi connectivity index (χ3v) is 3.61. The van der Waals surface area contributed by atoms with Crippen molar-refractivity contribution < 1.29 is 12.8 Å². The molecule has 0 aliphatic heterocycles. The van der Waals surface area contributed by atoms with Crippen molar-refractivity contribution in [2.45, 2.75) is 18.7 Å². The Kier molecular flexibility index (Phi) is 2.84. The number of benzene rings is 1. The van der Waals surface area contributed by atoms with E-state index in [1.54, 1.807) is 32.0 Å². The van der Waals surface area contributed by atoms with Gasteiger partial charge < -0.3 is 4.42 Å². The van der Waals surface area contributed by atoms with Crippen LogP contribution >= 0.6 is 0 Å². The van der Waals surface area contributed by atoms with E-state index >= 15 is 0 Å². The van der Waals surface area contributed by atoms with Crippen molar-refractivity contribution in [1.29, 1.82) is 0 Å². The molecule has 1 aromatic heterocycles. The third kappa shape index (κ3) is 2.44. The molecule has 7 heteroatoms. The highest BCUT2D eigenvalue weighted by Crippen LogP contribution is 2.17. The monoisotopic (exact) mass is 253 g/mol. The van der Waals surface area contributed by atoms with Crippen molar-refractivity contribution in [2.24, 2.45) is 0 Å². The van der Waals surface area contributed by atoms with Crippen LogP contribution in [0.1, 0.15) is 11.5 Å². The summed E-state index contributed by atoms with van der Waals surface area (Å²) in [5.74, 6) is 0.299. The summed E-state index contributed by atoms with van der Waals surface area (Å²) in [7, 11) is -3.68. The zero-order valence-electron chi connectivity index (χ0n) is 9.34. The number of anilines is 1. The average Bonchev–Trinajstić information content (AvgIpc) is 2.63. The smallest absolute Gasteiger partial charge is 0.329 e. The molecule has 1 heterocycles. The van der Waals surface area contributed by atoms with Gasteiger partial charge in [-0.1, -0.05) is 23.3 Å². The van der Waals surface area contributed by atoms with Crippen LogP contribution in [-0.4, -0.2) is 18.6 Å². The lowest BCUT2D eigenvalue weighted by molar-refractivity contribution is 0.534. The Labute approximate surface area is 98.7 Å². The minimum atomic E-state index is -3.68. The topological polar surface area (TPSA) is 85.1 Å². The number of hydrogen-bond donors (Lipinski definition) is 1. The van der Waals surface area contributed by atoms with Gasteiger partial charge in [-0.3, -0.25) is 0 Å². The summed E-state index contributed by atoms with van der Waals surface area (Å²) in [5.41, 5.74) is 0.649. The molecule has 17 heavy (non-hydrogen) atoms. The second kappa shape index (κ2) is 4.17. The Morgan fingerprint density at radius 2 is 1.88 bits per heavy atom. The van der Waals surface area contributed by atoms with Crippen molar-refractivity contribution >= 4 is 16.0 Å². The van der Waals surface area contributed by atoms with Crippen LogP contribution < -0.4 is 4.72 Å². The maximum Gasteiger partial charge on any atom is 0.329 e. The van der Waals surface area contributed by atoms with E-state index in [9.17, 15) is 8.42 Å². The minimum absolute atomic E-state index is 0.134. The first-order valence-corrected chi connectivity index (χ1v) is 6.36. The zero-order chi connectivity index (χ0) is 12.5. The predicted octanol–water partition coefficient (Wildman–Crippen LogP) is 1.49. The van der Waals surface area contributed by atoms with Crippen molar-refractivity contribution in [3.05, 3.63) is 35.7 Å². The lowest BCUT2D eigenvalue weighted by Gasteiger charge is -2.06. The van der Waals surface area contributed by atoms with Gasteiger partial charge in [0.05, 0.1) is 4.90 Å². The lowest BCUT2D eigenvalue weighted by Crippen LogP contribution is -2.14. The summed E-state index contributed by atoms with van der Waals surface area (Å²) >= 11 is 0. The molecule has 6 nitrogen and oxygen atoms in total. The van der Waals surface area contributed by atoms with Gasteiger partial charge in [-0.25, -0.2) is 13.1 Å². The molecule has 0 saturated heterocycles. The first-order valence-electron chi connectivity index (χ1n) is 4.87. The van der Waals surface area contributed by atoms with Gasteiger partial charge in [-0.15, -0.1) is 5.10 Å². The van der Waals surface area contributed by atoms with Crippen molar-refractivity contribution in [2.75, 3.05) is 4.72 Å². The molecular weight excluding hydrogens is 242 g/mol. The number of nitrogens with zero attached hydrogens (tertiary/aromatic N) is 2. The molecule has 0 spiro atoms. The molecule has 0 amide bonds. The molecule has 0 saturated carbocycles. The Balaban J connectivity index is 2.35. The maximum absolute atomic E-state index is 12.0. The number of nitrogens with one attached hydrogen (secondary N) is 1. The third-order valence-electron chi connectivity index (χ3n) is 2.13. The molecule has 0 bridgehead atoms. The van der Waals surface area contributed by atoms with E-state index in [-0.39, 0.29) is 10.9 Å². The van der Waals surface area contributed by atoms with E-state index in [0.29, 0.717) is 11.5 Å². The minimum Gasteiger partial charge on any atom is -0.408 e. The van der Waals surface area contributed by atoms with Gasteiger partial charge in [0.25, 0.3) is 10.0 Å². The number of aromatic nitrogens is 2. The van der Waals surface area contributed by atoms with E-state index in [2.05, 4.69) is 14.9 Å². The summed E-state index contributed by atoms with van der Waals surface area (Å²) in [4.78, 5) is 0.191. The summed E-state index contributed by atoms with van der Waals surface area (Å²) in [6, 6.07) is 6.52. The van der Waals surface area contributed by atoms with Crippen LogP contribution in [0.2, 0.25) is 0 Å². The molecule has 2 aromatic rings. The van der Waals surface area contributed by atoms with Crippen molar-refractivity contribution in [3.63, 3.8) is 0 Å². The molecule has 90 valence electrons. The standard InChI is InChI=1S/C10H11N3O3S/c1-7-5-3-4-6-9(7)17(14,15)13-10-12-11-8(2)16-10/h3-6H,1-2H3,(H,12,13). The molecule has 0 unspecified atom stereocenters. The van der Waals surface area contributed by atoms with Crippen LogP contribution in [0.25, 0.3) is 0 Å². The Morgan fingerprint density at radius 3 is 2.47 bits per heavy atom. The van der Waals surface area contributed by atoms with Gasteiger partial charge in [0.15, 0.2) is 0 Å². The zero-order valence-corrected chi connectivity index (χ0v) is 10.2. The molecule has 0 aliphatic rings. The quantitative estimate of drug-likeness (QED) is 0.895. The Morgan fingerprint density at radius 1 is 1.18 bits per heavy atom. The maximum atomic E-state index is 12.0. The fourth-order valence-electron chi connectivity index (χ4n) is 1.37. The van der Waals surface area contributed by atoms with Gasteiger partial charge >= 0.3 is 6.01 Å². The SMILES string of the molecule is Cc1nnc(NS(=O)(=O)c2ccccc2C)o1. The van der Waals surface area contributed by atoms with E-state index in [4.69, 9.17) is 4.42 Å². The van der Waals surface area contributed by atoms with Crippen LogP contribution in [0, 0.1) is 13.8 Å². The van der Waals surface area contributed by atoms with Crippen LogP contribution in [0.4, 0.5) is 6.01 Å². The lowest BCUT2D eigenvalue weighted by atomic mass is 10.2. The highest BCUT2D eigenvalue weighted by molar-refractivity contribution is 7.92.